The van der Waals surface area contributed by atoms with E-state index in [1.165, 1.54) is 31.4 Å². The molecule has 108 valence electrons. The lowest BCUT2D eigenvalue weighted by Gasteiger charge is -2.09. The molecule has 9 nitrogen and oxygen atoms in total. The molecule has 0 saturated heterocycles. The Labute approximate surface area is 117 Å². The van der Waals surface area contributed by atoms with Crippen molar-refractivity contribution in [3.8, 4) is 5.75 Å². The Balaban J connectivity index is 2.31. The highest BCUT2D eigenvalue weighted by atomic mass is 16.6. The van der Waals surface area contributed by atoms with Crippen LogP contribution in [0.2, 0.25) is 0 Å². The second kappa shape index (κ2) is 5.82. The maximum atomic E-state index is 12.0. The van der Waals surface area contributed by atoms with E-state index in [4.69, 9.17) is 4.74 Å². The molecule has 0 unspecified atom stereocenters. The number of nitro benzene ring substituents is 1. The van der Waals surface area contributed by atoms with Crippen molar-refractivity contribution in [1.82, 2.24) is 10.2 Å². The van der Waals surface area contributed by atoms with Crippen LogP contribution in [0.5, 0.6) is 5.75 Å². The molecule has 1 heterocycles. The highest BCUT2D eigenvalue weighted by molar-refractivity contribution is 6.03. The van der Waals surface area contributed by atoms with Gasteiger partial charge in [0.2, 0.25) is 0 Å². The number of amides is 1. The number of anilines is 1. The van der Waals surface area contributed by atoms with Crippen LogP contribution in [0.3, 0.4) is 0 Å². The monoisotopic (exact) mass is 290 g/mol. The lowest BCUT2D eigenvalue weighted by atomic mass is 10.2. The number of nitrogens with zero attached hydrogens (tertiary/aromatic N) is 2. The SMILES string of the molecule is COc1ccc([N+](=O)[O-])cc1NC(=O)c1ccc(=O)[nH]n1. The molecule has 9 heteroatoms. The van der Waals surface area contributed by atoms with Gasteiger partial charge in [0.1, 0.15) is 11.4 Å². The first-order valence-corrected chi connectivity index (χ1v) is 5.71. The van der Waals surface area contributed by atoms with Crippen molar-refractivity contribution in [3.63, 3.8) is 0 Å². The van der Waals surface area contributed by atoms with E-state index in [0.29, 0.717) is 0 Å². The minimum absolute atomic E-state index is 0.0387. The highest BCUT2D eigenvalue weighted by Gasteiger charge is 2.15. The number of aromatic amines is 1. The van der Waals surface area contributed by atoms with Crippen molar-refractivity contribution in [2.75, 3.05) is 12.4 Å². The number of hydrogen-bond acceptors (Lipinski definition) is 6. The van der Waals surface area contributed by atoms with Crippen molar-refractivity contribution in [2.45, 2.75) is 0 Å². The fourth-order valence-corrected chi connectivity index (χ4v) is 1.56. The van der Waals surface area contributed by atoms with Gasteiger partial charge in [-0.2, -0.15) is 5.10 Å². The predicted octanol–water partition coefficient (Wildman–Crippen LogP) is 0.939. The van der Waals surface area contributed by atoms with Gasteiger partial charge in [0.25, 0.3) is 17.2 Å². The zero-order chi connectivity index (χ0) is 15.4. The first kappa shape index (κ1) is 14.2. The molecule has 1 aromatic heterocycles. The Hall–Kier alpha value is -3.23. The molecule has 0 fully saturated rings. The zero-order valence-electron chi connectivity index (χ0n) is 10.8. The first-order valence-electron chi connectivity index (χ1n) is 5.71. The quantitative estimate of drug-likeness (QED) is 0.637. The number of rotatable bonds is 4. The van der Waals surface area contributed by atoms with Gasteiger partial charge in [-0.3, -0.25) is 19.7 Å². The fraction of sp³-hybridized carbons (Fsp3) is 0.0833. The van der Waals surface area contributed by atoms with E-state index in [1.807, 2.05) is 0 Å². The standard InChI is InChI=1S/C12H10N4O5/c1-21-10-4-2-7(16(19)20)6-9(10)13-12(18)8-3-5-11(17)15-14-8/h2-6H,1H3,(H,13,18)(H,15,17). The number of nitro groups is 1. The molecule has 0 aliphatic rings. The number of benzene rings is 1. The number of ether oxygens (including phenoxy) is 1. The van der Waals surface area contributed by atoms with Crippen LogP contribution in [-0.4, -0.2) is 28.1 Å². The number of carbonyl (C=O) groups is 1. The maximum Gasteiger partial charge on any atom is 0.276 e. The van der Waals surface area contributed by atoms with Crippen LogP contribution < -0.4 is 15.6 Å². The van der Waals surface area contributed by atoms with Gasteiger partial charge in [-0.05, 0) is 12.1 Å². The van der Waals surface area contributed by atoms with E-state index in [0.717, 1.165) is 6.07 Å². The molecular formula is C12H10N4O5. The van der Waals surface area contributed by atoms with Crippen molar-refractivity contribution < 1.29 is 14.5 Å². The molecule has 1 aromatic carbocycles. The molecule has 0 atom stereocenters. The molecule has 0 spiro atoms. The molecule has 0 saturated carbocycles. The topological polar surface area (TPSA) is 127 Å². The fourth-order valence-electron chi connectivity index (χ4n) is 1.56. The maximum absolute atomic E-state index is 12.0. The minimum Gasteiger partial charge on any atom is -0.495 e. The molecule has 2 rings (SSSR count). The van der Waals surface area contributed by atoms with Crippen LogP contribution in [0, 0.1) is 10.1 Å². The molecule has 2 aromatic rings. The summed E-state index contributed by atoms with van der Waals surface area (Å²) in [5.74, 6) is -0.372. The summed E-state index contributed by atoms with van der Waals surface area (Å²) >= 11 is 0. The van der Waals surface area contributed by atoms with Crippen LogP contribution in [-0.2, 0) is 0 Å². The van der Waals surface area contributed by atoms with Crippen LogP contribution in [0.4, 0.5) is 11.4 Å². The van der Waals surface area contributed by atoms with E-state index in [-0.39, 0.29) is 22.8 Å². The summed E-state index contributed by atoms with van der Waals surface area (Å²) in [7, 11) is 1.37. The van der Waals surface area contributed by atoms with Gasteiger partial charge in [0.05, 0.1) is 17.7 Å². The van der Waals surface area contributed by atoms with Crippen LogP contribution in [0.1, 0.15) is 10.5 Å². The number of hydrogen-bond donors (Lipinski definition) is 2. The summed E-state index contributed by atoms with van der Waals surface area (Å²) < 4.78 is 5.02. The van der Waals surface area contributed by atoms with Crippen LogP contribution in [0.15, 0.2) is 35.1 Å². The summed E-state index contributed by atoms with van der Waals surface area (Å²) in [5.41, 5.74) is -0.548. The Morgan fingerprint density at radius 1 is 1.38 bits per heavy atom. The summed E-state index contributed by atoms with van der Waals surface area (Å²) in [6.45, 7) is 0. The second-order valence-electron chi connectivity index (χ2n) is 3.90. The van der Waals surface area contributed by atoms with Crippen molar-refractivity contribution >= 4 is 17.3 Å². The molecular weight excluding hydrogens is 280 g/mol. The van der Waals surface area contributed by atoms with Gasteiger partial charge in [-0.15, -0.1) is 0 Å². The molecule has 0 radical (unpaired) electrons. The third-order valence-corrected chi connectivity index (χ3v) is 2.55. The van der Waals surface area contributed by atoms with E-state index in [2.05, 4.69) is 15.5 Å². The lowest BCUT2D eigenvalue weighted by Crippen LogP contribution is -2.18. The van der Waals surface area contributed by atoms with Crippen molar-refractivity contribution in [1.29, 1.82) is 0 Å². The normalized spacial score (nSPS) is 9.95. The van der Waals surface area contributed by atoms with Crippen molar-refractivity contribution in [3.05, 3.63) is 56.5 Å². The number of aromatic nitrogens is 2. The summed E-state index contributed by atoms with van der Waals surface area (Å²) in [6.07, 6.45) is 0. The summed E-state index contributed by atoms with van der Waals surface area (Å²) in [4.78, 5) is 33.0. The highest BCUT2D eigenvalue weighted by Crippen LogP contribution is 2.29. The third-order valence-electron chi connectivity index (χ3n) is 2.55. The molecule has 2 N–H and O–H groups in total. The Morgan fingerprint density at radius 3 is 2.71 bits per heavy atom. The van der Waals surface area contributed by atoms with Gasteiger partial charge in [-0.25, -0.2) is 5.10 Å². The first-order chi connectivity index (χ1) is 10.0. The largest absolute Gasteiger partial charge is 0.495 e. The van der Waals surface area contributed by atoms with Crippen LogP contribution >= 0.6 is 0 Å². The lowest BCUT2D eigenvalue weighted by molar-refractivity contribution is -0.384. The number of non-ortho nitro benzene ring substituents is 1. The van der Waals surface area contributed by atoms with E-state index < -0.39 is 16.4 Å². The molecule has 0 bridgehead atoms. The third kappa shape index (κ3) is 3.21. The predicted molar refractivity (Wildman–Crippen MR) is 72.5 cm³/mol. The Morgan fingerprint density at radius 2 is 2.14 bits per heavy atom. The number of carbonyl (C=O) groups excluding carboxylic acids is 1. The zero-order valence-corrected chi connectivity index (χ0v) is 10.8. The summed E-state index contributed by atoms with van der Waals surface area (Å²) in [6, 6.07) is 6.17. The van der Waals surface area contributed by atoms with Gasteiger partial charge in [0.15, 0.2) is 0 Å². The van der Waals surface area contributed by atoms with Crippen LogP contribution in [0.25, 0.3) is 0 Å². The average Bonchev–Trinajstić information content (AvgIpc) is 2.47. The minimum atomic E-state index is -0.634. The number of methoxy groups -OCH3 is 1. The van der Waals surface area contributed by atoms with Gasteiger partial charge < -0.3 is 10.1 Å². The molecule has 0 aliphatic carbocycles. The van der Waals surface area contributed by atoms with Gasteiger partial charge in [0, 0.05) is 18.2 Å². The number of H-pyrrole nitrogens is 1. The smallest absolute Gasteiger partial charge is 0.276 e. The van der Waals surface area contributed by atoms with E-state index >= 15 is 0 Å². The molecule has 21 heavy (non-hydrogen) atoms. The Bertz CT molecular complexity index is 735. The van der Waals surface area contributed by atoms with E-state index in [9.17, 15) is 19.7 Å². The number of nitrogens with one attached hydrogen (secondary N) is 2. The van der Waals surface area contributed by atoms with Gasteiger partial charge >= 0.3 is 0 Å². The van der Waals surface area contributed by atoms with Gasteiger partial charge in [-0.1, -0.05) is 0 Å². The second-order valence-corrected chi connectivity index (χ2v) is 3.90. The molecule has 1 amide bonds. The average molecular weight is 290 g/mol. The Kier molecular flexibility index (Phi) is 3.93. The summed E-state index contributed by atoms with van der Waals surface area (Å²) in [5, 5.41) is 18.9. The van der Waals surface area contributed by atoms with Crippen molar-refractivity contribution in [2.24, 2.45) is 0 Å². The molecule has 0 aliphatic heterocycles. The van der Waals surface area contributed by atoms with E-state index in [1.54, 1.807) is 0 Å².